The monoisotopic (exact) mass is 325 g/mol. The molecule has 0 radical (unpaired) electrons. The normalized spacial score (nSPS) is 10.3. The van der Waals surface area contributed by atoms with Crippen LogP contribution < -0.4 is 16.4 Å². The Balaban J connectivity index is 2.12. The fourth-order valence-electron chi connectivity index (χ4n) is 2.34. The maximum atomic E-state index is 12.4. The van der Waals surface area contributed by atoms with Crippen molar-refractivity contribution >= 4 is 23.2 Å². The van der Waals surface area contributed by atoms with Crippen LogP contribution in [-0.2, 0) is 4.79 Å². The first-order valence-electron chi connectivity index (χ1n) is 7.99. The summed E-state index contributed by atoms with van der Waals surface area (Å²) in [6, 6.07) is 12.9. The molecule has 2 amide bonds. The van der Waals surface area contributed by atoms with Gasteiger partial charge in [0.25, 0.3) is 5.91 Å². The first kappa shape index (κ1) is 17.7. The van der Waals surface area contributed by atoms with Crippen molar-refractivity contribution < 1.29 is 9.59 Å². The molecule has 0 aliphatic heterocycles. The van der Waals surface area contributed by atoms with Crippen molar-refractivity contribution in [2.45, 2.75) is 26.7 Å². The van der Waals surface area contributed by atoms with Gasteiger partial charge in [-0.3, -0.25) is 9.59 Å². The van der Waals surface area contributed by atoms with E-state index in [0.717, 1.165) is 11.1 Å². The van der Waals surface area contributed by atoms with Gasteiger partial charge in [0.15, 0.2) is 0 Å². The van der Waals surface area contributed by atoms with Crippen molar-refractivity contribution in [1.29, 1.82) is 0 Å². The Morgan fingerprint density at radius 2 is 1.75 bits per heavy atom. The SMILES string of the molecule is Cc1ccc(NC(=O)CCCN)cc1NC(=O)c1ccccc1C. The molecule has 0 heterocycles. The zero-order valence-electron chi connectivity index (χ0n) is 14.1. The molecule has 0 aliphatic rings. The fraction of sp³-hybridized carbons (Fsp3) is 0.263. The van der Waals surface area contributed by atoms with E-state index >= 15 is 0 Å². The van der Waals surface area contributed by atoms with Crippen LogP contribution in [0, 0.1) is 13.8 Å². The molecule has 0 unspecified atom stereocenters. The van der Waals surface area contributed by atoms with Gasteiger partial charge in [0.1, 0.15) is 0 Å². The van der Waals surface area contributed by atoms with E-state index in [1.54, 1.807) is 12.1 Å². The molecule has 0 aliphatic carbocycles. The van der Waals surface area contributed by atoms with Crippen LogP contribution in [0.15, 0.2) is 42.5 Å². The van der Waals surface area contributed by atoms with E-state index in [1.165, 1.54) is 0 Å². The first-order valence-corrected chi connectivity index (χ1v) is 7.99. The predicted molar refractivity (Wildman–Crippen MR) is 97.2 cm³/mol. The summed E-state index contributed by atoms with van der Waals surface area (Å²) in [5.74, 6) is -0.247. The van der Waals surface area contributed by atoms with Crippen LogP contribution >= 0.6 is 0 Å². The molecule has 126 valence electrons. The highest BCUT2D eigenvalue weighted by Gasteiger charge is 2.11. The number of anilines is 2. The lowest BCUT2D eigenvalue weighted by Crippen LogP contribution is -2.16. The van der Waals surface area contributed by atoms with Crippen molar-refractivity contribution in [2.24, 2.45) is 5.73 Å². The predicted octanol–water partition coefficient (Wildman–Crippen LogP) is 3.23. The van der Waals surface area contributed by atoms with Crippen molar-refractivity contribution in [3.05, 3.63) is 59.2 Å². The zero-order chi connectivity index (χ0) is 17.5. The number of amides is 2. The molecule has 5 heteroatoms. The summed E-state index contributed by atoms with van der Waals surface area (Å²) in [6.45, 7) is 4.29. The van der Waals surface area contributed by atoms with Crippen LogP contribution in [-0.4, -0.2) is 18.4 Å². The van der Waals surface area contributed by atoms with E-state index in [4.69, 9.17) is 5.73 Å². The van der Waals surface area contributed by atoms with Crippen LogP contribution in [0.5, 0.6) is 0 Å². The minimum atomic E-state index is -0.164. The largest absolute Gasteiger partial charge is 0.330 e. The molecule has 0 atom stereocenters. The average molecular weight is 325 g/mol. The molecule has 5 nitrogen and oxygen atoms in total. The number of carbonyl (C=O) groups is 2. The van der Waals surface area contributed by atoms with E-state index < -0.39 is 0 Å². The van der Waals surface area contributed by atoms with Gasteiger partial charge < -0.3 is 16.4 Å². The van der Waals surface area contributed by atoms with Crippen molar-refractivity contribution in [3.8, 4) is 0 Å². The summed E-state index contributed by atoms with van der Waals surface area (Å²) in [5.41, 5.74) is 9.22. The van der Waals surface area contributed by atoms with Crippen LogP contribution in [0.3, 0.4) is 0 Å². The van der Waals surface area contributed by atoms with E-state index in [-0.39, 0.29) is 11.8 Å². The van der Waals surface area contributed by atoms with E-state index in [2.05, 4.69) is 10.6 Å². The average Bonchev–Trinajstić information content (AvgIpc) is 2.56. The maximum Gasteiger partial charge on any atom is 0.255 e. The number of nitrogens with one attached hydrogen (secondary N) is 2. The number of benzene rings is 2. The van der Waals surface area contributed by atoms with Gasteiger partial charge in [-0.15, -0.1) is 0 Å². The molecule has 24 heavy (non-hydrogen) atoms. The van der Waals surface area contributed by atoms with Gasteiger partial charge in [-0.1, -0.05) is 24.3 Å². The molecular formula is C19H23N3O2. The molecule has 2 rings (SSSR count). The Morgan fingerprint density at radius 1 is 1.00 bits per heavy atom. The van der Waals surface area contributed by atoms with E-state index in [9.17, 15) is 9.59 Å². The summed E-state index contributed by atoms with van der Waals surface area (Å²) in [6.07, 6.45) is 1.03. The highest BCUT2D eigenvalue weighted by atomic mass is 16.2. The number of hydrogen-bond donors (Lipinski definition) is 3. The van der Waals surface area contributed by atoms with Gasteiger partial charge in [0, 0.05) is 23.4 Å². The molecule has 0 fully saturated rings. The number of aryl methyl sites for hydroxylation is 2. The molecule has 2 aromatic carbocycles. The molecule has 2 aromatic rings. The summed E-state index contributed by atoms with van der Waals surface area (Å²) in [4.78, 5) is 24.3. The number of hydrogen-bond acceptors (Lipinski definition) is 3. The van der Waals surface area contributed by atoms with Crippen LogP contribution in [0.4, 0.5) is 11.4 Å². The van der Waals surface area contributed by atoms with E-state index in [1.807, 2.05) is 44.2 Å². The Kier molecular flexibility index (Phi) is 6.09. The Labute approximate surface area is 142 Å². The van der Waals surface area contributed by atoms with Gasteiger partial charge in [-0.2, -0.15) is 0 Å². The highest BCUT2D eigenvalue weighted by molar-refractivity contribution is 6.06. The molecule has 0 spiro atoms. The van der Waals surface area contributed by atoms with Gasteiger partial charge in [-0.05, 0) is 56.1 Å². The molecule has 0 aromatic heterocycles. The quantitative estimate of drug-likeness (QED) is 0.762. The number of rotatable bonds is 6. The summed E-state index contributed by atoms with van der Waals surface area (Å²) < 4.78 is 0. The highest BCUT2D eigenvalue weighted by Crippen LogP contribution is 2.22. The molecule has 0 bridgehead atoms. The van der Waals surface area contributed by atoms with Gasteiger partial charge >= 0.3 is 0 Å². The Morgan fingerprint density at radius 3 is 2.46 bits per heavy atom. The number of carbonyl (C=O) groups excluding carboxylic acids is 2. The third-order valence-electron chi connectivity index (χ3n) is 3.77. The van der Waals surface area contributed by atoms with Crippen LogP contribution in [0.1, 0.15) is 34.3 Å². The zero-order valence-corrected chi connectivity index (χ0v) is 14.1. The van der Waals surface area contributed by atoms with Crippen LogP contribution in [0.2, 0.25) is 0 Å². The third kappa shape index (κ3) is 4.67. The summed E-state index contributed by atoms with van der Waals surface area (Å²) >= 11 is 0. The topological polar surface area (TPSA) is 84.2 Å². The minimum Gasteiger partial charge on any atom is -0.330 e. The first-order chi connectivity index (χ1) is 11.5. The van der Waals surface area contributed by atoms with Crippen molar-refractivity contribution in [3.63, 3.8) is 0 Å². The summed E-state index contributed by atoms with van der Waals surface area (Å²) in [5, 5.41) is 5.74. The standard InChI is InChI=1S/C19H23N3O2/c1-13-6-3-4-7-16(13)19(24)22-17-12-15(10-9-14(17)2)21-18(23)8-5-11-20/h3-4,6-7,9-10,12H,5,8,11,20H2,1-2H3,(H,21,23)(H,22,24). The Bertz CT molecular complexity index is 741. The third-order valence-corrected chi connectivity index (χ3v) is 3.77. The maximum absolute atomic E-state index is 12.4. The molecular weight excluding hydrogens is 302 g/mol. The molecule has 4 N–H and O–H groups in total. The van der Waals surface area contributed by atoms with Gasteiger partial charge in [-0.25, -0.2) is 0 Å². The second kappa shape index (κ2) is 8.26. The summed E-state index contributed by atoms with van der Waals surface area (Å²) in [7, 11) is 0. The van der Waals surface area contributed by atoms with Crippen molar-refractivity contribution in [1.82, 2.24) is 0 Å². The smallest absolute Gasteiger partial charge is 0.255 e. The minimum absolute atomic E-state index is 0.0829. The lowest BCUT2D eigenvalue weighted by molar-refractivity contribution is -0.116. The van der Waals surface area contributed by atoms with Gasteiger partial charge in [0.05, 0.1) is 0 Å². The fourth-order valence-corrected chi connectivity index (χ4v) is 2.34. The Hall–Kier alpha value is -2.66. The van der Waals surface area contributed by atoms with Crippen molar-refractivity contribution in [2.75, 3.05) is 17.2 Å². The molecule has 0 saturated carbocycles. The lowest BCUT2D eigenvalue weighted by atomic mass is 10.1. The van der Waals surface area contributed by atoms with Gasteiger partial charge in [0.2, 0.25) is 5.91 Å². The second-order valence-electron chi connectivity index (χ2n) is 5.74. The lowest BCUT2D eigenvalue weighted by Gasteiger charge is -2.12. The van der Waals surface area contributed by atoms with E-state index in [0.29, 0.717) is 36.3 Å². The second-order valence-corrected chi connectivity index (χ2v) is 5.74. The number of nitrogens with two attached hydrogens (primary N) is 1. The van der Waals surface area contributed by atoms with Crippen LogP contribution in [0.25, 0.3) is 0 Å². The molecule has 0 saturated heterocycles.